The number of aliphatic hydroxyl groups is 1. The summed E-state index contributed by atoms with van der Waals surface area (Å²) in [7, 11) is -2.40. The fraction of sp³-hybridized carbons (Fsp3) is 0.500. The topological polar surface area (TPSA) is 164 Å². The fourth-order valence-corrected chi connectivity index (χ4v) is 6.99. The highest BCUT2D eigenvalue weighted by Crippen LogP contribution is 2.30. The Morgan fingerprint density at radius 1 is 1.12 bits per heavy atom. The summed E-state index contributed by atoms with van der Waals surface area (Å²) in [6.07, 6.45) is 1.58. The Labute approximate surface area is 282 Å². The number of hydrogen-bond acceptors (Lipinski definition) is 9. The molecule has 2 aromatic carbocycles. The molecule has 3 N–H and O–H groups in total. The van der Waals surface area contributed by atoms with Crippen molar-refractivity contribution >= 4 is 33.3 Å². The minimum Gasteiger partial charge on any atom is -0.490 e. The van der Waals surface area contributed by atoms with Crippen LogP contribution in [0.4, 0.5) is 16.2 Å². The molecule has 0 radical (unpaired) electrons. The Bertz CT molecular complexity index is 1630. The summed E-state index contributed by atoms with van der Waals surface area (Å²) in [6.45, 7) is 9.23. The van der Waals surface area contributed by atoms with Crippen molar-refractivity contribution in [1.29, 1.82) is 0 Å². The van der Waals surface area contributed by atoms with Crippen molar-refractivity contribution in [3.8, 4) is 5.75 Å². The third-order valence-electron chi connectivity index (χ3n) is 8.37. The van der Waals surface area contributed by atoms with Gasteiger partial charge in [0.25, 0.3) is 15.9 Å². The number of hydrogen-bond donors (Lipinski definition) is 3. The number of carbonyl (C=O) groups is 2. The number of sulfonamides is 1. The molecule has 1 aliphatic heterocycles. The van der Waals surface area contributed by atoms with Crippen molar-refractivity contribution in [2.24, 2.45) is 5.92 Å². The second-order valence-corrected chi connectivity index (χ2v) is 14.1. The molecule has 0 saturated heterocycles. The summed E-state index contributed by atoms with van der Waals surface area (Å²) in [4.78, 5) is 30.4. The molecule has 14 heteroatoms. The molecule has 0 aliphatic carbocycles. The Kier molecular flexibility index (Phi) is 12.5. The number of nitrogens with zero attached hydrogens (tertiary/aromatic N) is 3. The molecule has 0 bridgehead atoms. The molecule has 2 heterocycles. The number of aromatic nitrogens is 1. The van der Waals surface area contributed by atoms with Crippen LogP contribution < -0.4 is 14.8 Å². The smallest absolute Gasteiger partial charge is 0.321 e. The Hall–Kier alpha value is -4.14. The molecule has 4 rings (SSSR count). The maximum absolute atomic E-state index is 14.4. The lowest BCUT2D eigenvalue weighted by Gasteiger charge is -2.35. The largest absolute Gasteiger partial charge is 0.490 e. The van der Waals surface area contributed by atoms with Gasteiger partial charge in [0, 0.05) is 44.0 Å². The highest BCUT2D eigenvalue weighted by molar-refractivity contribution is 7.92. The number of likely N-dealkylation sites (N-methyl/N-ethyl adjacent to an activating group) is 1. The number of carbonyl (C=O) groups excluding carboxylic acids is 2. The lowest BCUT2D eigenvalue weighted by molar-refractivity contribution is -0.0115. The van der Waals surface area contributed by atoms with Crippen LogP contribution >= 0.6 is 0 Å². The third-order valence-corrected chi connectivity index (χ3v) is 9.99. The third kappa shape index (κ3) is 9.26. The van der Waals surface area contributed by atoms with Crippen LogP contribution in [0, 0.1) is 19.8 Å². The van der Waals surface area contributed by atoms with Gasteiger partial charge < -0.3 is 34.2 Å². The van der Waals surface area contributed by atoms with Gasteiger partial charge in [-0.05, 0) is 77.3 Å². The van der Waals surface area contributed by atoms with Gasteiger partial charge in [0.15, 0.2) is 10.7 Å². The number of fused-ring (bicyclic) bond motifs is 1. The van der Waals surface area contributed by atoms with Crippen molar-refractivity contribution in [2.75, 3.05) is 43.4 Å². The van der Waals surface area contributed by atoms with Crippen LogP contribution in [-0.4, -0.2) is 92.0 Å². The molecule has 0 spiro atoms. The number of para-hydroxylation sites is 1. The Morgan fingerprint density at radius 3 is 2.52 bits per heavy atom. The number of urea groups is 1. The zero-order valence-corrected chi connectivity index (χ0v) is 29.2. The molecule has 1 aliphatic rings. The van der Waals surface area contributed by atoms with Gasteiger partial charge in [-0.25, -0.2) is 13.2 Å². The molecular weight excluding hydrogens is 638 g/mol. The van der Waals surface area contributed by atoms with Crippen LogP contribution in [0.15, 0.2) is 57.9 Å². The number of aliphatic hydroxyl groups excluding tert-OH is 1. The van der Waals surface area contributed by atoms with E-state index in [1.54, 1.807) is 31.0 Å². The van der Waals surface area contributed by atoms with Crippen molar-refractivity contribution in [3.63, 3.8) is 0 Å². The van der Waals surface area contributed by atoms with Crippen molar-refractivity contribution in [1.82, 2.24) is 15.0 Å². The minimum absolute atomic E-state index is 0.0726. The van der Waals surface area contributed by atoms with Gasteiger partial charge >= 0.3 is 6.03 Å². The molecule has 48 heavy (non-hydrogen) atoms. The molecule has 4 atom stereocenters. The lowest BCUT2D eigenvalue weighted by atomic mass is 10.0. The predicted molar refractivity (Wildman–Crippen MR) is 182 cm³/mol. The summed E-state index contributed by atoms with van der Waals surface area (Å²) in [5, 5.41) is 16.9. The molecule has 0 unspecified atom stereocenters. The minimum atomic E-state index is -4.09. The van der Waals surface area contributed by atoms with Crippen LogP contribution in [0.1, 0.15) is 61.8 Å². The van der Waals surface area contributed by atoms with E-state index in [1.165, 1.54) is 24.8 Å². The Morgan fingerprint density at radius 2 is 1.85 bits per heavy atom. The molecule has 1 aromatic heterocycles. The standard InChI is InChI=1S/C34H47N5O8S/c1-22-19-39(23(2)21-40)33(41)29-18-28(37-48(43,44)32-25(4)36-47-26(32)5)15-16-30(29)46-24(3)12-10-11-17-45-31(22)20-38(6)34(42)35-27-13-8-7-9-14-27/h7-9,13-16,18,22-24,31,37,40H,10-12,17,19-21H2,1-6H3,(H,35,42)/t22-,23-,24-,31+/m1/s1. The van der Waals surface area contributed by atoms with Gasteiger partial charge in [0.05, 0.1) is 30.4 Å². The number of benzene rings is 2. The van der Waals surface area contributed by atoms with Crippen LogP contribution in [-0.2, 0) is 14.8 Å². The van der Waals surface area contributed by atoms with Gasteiger partial charge in [-0.2, -0.15) is 0 Å². The SMILES string of the molecule is Cc1noc(C)c1S(=O)(=O)Nc1ccc2c(c1)C(=O)N([C@H](C)CO)C[C@@H](C)[C@H](CN(C)C(=O)Nc1ccccc1)OCCCC[C@@H](C)O2. The van der Waals surface area contributed by atoms with Gasteiger partial charge in [0.2, 0.25) is 0 Å². The molecule has 0 fully saturated rings. The summed E-state index contributed by atoms with van der Waals surface area (Å²) in [5.74, 6) is -0.265. The highest BCUT2D eigenvalue weighted by Gasteiger charge is 2.32. The molecule has 3 aromatic rings. The molecular formula is C34H47N5O8S. The second-order valence-electron chi connectivity index (χ2n) is 12.4. The van der Waals surface area contributed by atoms with Crippen LogP contribution in [0.3, 0.4) is 0 Å². The van der Waals surface area contributed by atoms with Crippen LogP contribution in [0.2, 0.25) is 0 Å². The van der Waals surface area contributed by atoms with Gasteiger partial charge in [-0.1, -0.05) is 30.3 Å². The van der Waals surface area contributed by atoms with Crippen molar-refractivity contribution in [3.05, 3.63) is 65.5 Å². The van der Waals surface area contributed by atoms with E-state index < -0.39 is 28.1 Å². The van der Waals surface area contributed by atoms with Crippen molar-refractivity contribution < 1.29 is 37.1 Å². The van der Waals surface area contributed by atoms with E-state index in [2.05, 4.69) is 15.2 Å². The number of anilines is 2. The summed E-state index contributed by atoms with van der Waals surface area (Å²) in [6, 6.07) is 12.8. The number of amides is 3. The van der Waals surface area contributed by atoms with Crippen LogP contribution in [0.5, 0.6) is 5.75 Å². The molecule has 3 amide bonds. The first-order chi connectivity index (χ1) is 22.8. The molecule has 13 nitrogen and oxygen atoms in total. The van der Waals surface area contributed by atoms with Crippen LogP contribution in [0.25, 0.3) is 0 Å². The summed E-state index contributed by atoms with van der Waals surface area (Å²) in [5.41, 5.74) is 1.17. The first kappa shape index (κ1) is 36.7. The molecule has 262 valence electrons. The second kappa shape index (κ2) is 16.3. The fourth-order valence-electron chi connectivity index (χ4n) is 5.61. The number of aryl methyl sites for hydroxylation is 2. The van der Waals surface area contributed by atoms with Crippen molar-refractivity contribution in [2.45, 2.75) is 77.0 Å². The first-order valence-corrected chi connectivity index (χ1v) is 17.7. The van der Waals surface area contributed by atoms with E-state index in [0.717, 1.165) is 12.8 Å². The maximum Gasteiger partial charge on any atom is 0.321 e. The maximum atomic E-state index is 14.4. The predicted octanol–water partition coefficient (Wildman–Crippen LogP) is 5.05. The summed E-state index contributed by atoms with van der Waals surface area (Å²) < 4.78 is 46.8. The van der Waals surface area contributed by atoms with E-state index in [1.807, 2.05) is 44.2 Å². The number of rotatable bonds is 8. The zero-order valence-electron chi connectivity index (χ0n) is 28.4. The van der Waals surface area contributed by atoms with Gasteiger partial charge in [-0.3, -0.25) is 9.52 Å². The lowest BCUT2D eigenvalue weighted by Crippen LogP contribution is -2.48. The van der Waals surface area contributed by atoms with Gasteiger partial charge in [-0.15, -0.1) is 0 Å². The van der Waals surface area contributed by atoms with E-state index >= 15 is 0 Å². The van der Waals surface area contributed by atoms with E-state index in [4.69, 9.17) is 14.0 Å². The average molecular weight is 686 g/mol. The van der Waals surface area contributed by atoms with E-state index in [-0.39, 0.29) is 65.3 Å². The van der Waals surface area contributed by atoms with E-state index in [0.29, 0.717) is 24.5 Å². The normalized spacial score (nSPS) is 20.2. The Balaban J connectivity index is 1.64. The average Bonchev–Trinajstić information content (AvgIpc) is 3.40. The van der Waals surface area contributed by atoms with Gasteiger partial charge in [0.1, 0.15) is 11.4 Å². The zero-order chi connectivity index (χ0) is 35.0. The number of nitrogens with one attached hydrogen (secondary N) is 2. The monoisotopic (exact) mass is 685 g/mol. The van der Waals surface area contributed by atoms with E-state index in [9.17, 15) is 23.1 Å². The highest BCUT2D eigenvalue weighted by atomic mass is 32.2. The quantitative estimate of drug-likeness (QED) is 0.294. The molecule has 0 saturated carbocycles. The summed E-state index contributed by atoms with van der Waals surface area (Å²) >= 11 is 0. The first-order valence-electron chi connectivity index (χ1n) is 16.2. The number of ether oxygens (including phenoxy) is 2.